The van der Waals surface area contributed by atoms with Gasteiger partial charge in [0.25, 0.3) is 0 Å². The first-order chi connectivity index (χ1) is 10.2. The van der Waals surface area contributed by atoms with Crippen LogP contribution in [0.15, 0.2) is 36.4 Å². The van der Waals surface area contributed by atoms with Crippen LogP contribution >= 0.6 is 11.6 Å². The largest absolute Gasteiger partial charge is 0.493 e. The molecule has 112 valence electrons. The Balaban J connectivity index is 2.29. The molecule has 0 radical (unpaired) electrons. The minimum Gasteiger partial charge on any atom is -0.493 e. The predicted molar refractivity (Wildman–Crippen MR) is 84.3 cm³/mol. The second-order valence-corrected chi connectivity index (χ2v) is 5.16. The quantitative estimate of drug-likeness (QED) is 0.885. The fraction of sp³-hybridized carbons (Fsp3) is 0.294. The maximum atomic E-state index is 9.53. The smallest absolute Gasteiger partial charge is 0.164 e. The minimum absolute atomic E-state index is 0.0226. The lowest BCUT2D eigenvalue weighted by molar-refractivity contribution is 0.278. The number of rotatable bonds is 6. The van der Waals surface area contributed by atoms with E-state index in [0.717, 1.165) is 34.6 Å². The number of benzene rings is 2. The topological polar surface area (TPSA) is 38.7 Å². The fourth-order valence-electron chi connectivity index (χ4n) is 2.42. The normalized spacial score (nSPS) is 10.5. The monoisotopic (exact) mass is 306 g/mol. The molecule has 3 nitrogen and oxygen atoms in total. The van der Waals surface area contributed by atoms with Crippen molar-refractivity contribution in [3.63, 3.8) is 0 Å². The third-order valence-corrected chi connectivity index (χ3v) is 3.70. The van der Waals surface area contributed by atoms with Crippen molar-refractivity contribution < 1.29 is 14.6 Å². The SMILES string of the molecule is COc1ccc(CO)c(CCc2cccc(Cl)c2)c1OC. The van der Waals surface area contributed by atoms with Crippen LogP contribution in [0.3, 0.4) is 0 Å². The number of aliphatic hydroxyl groups excluding tert-OH is 1. The van der Waals surface area contributed by atoms with Crippen molar-refractivity contribution in [1.82, 2.24) is 0 Å². The highest BCUT2D eigenvalue weighted by atomic mass is 35.5. The molecule has 0 fully saturated rings. The highest BCUT2D eigenvalue weighted by Crippen LogP contribution is 2.34. The van der Waals surface area contributed by atoms with Crippen molar-refractivity contribution in [2.75, 3.05) is 14.2 Å². The number of methoxy groups -OCH3 is 2. The van der Waals surface area contributed by atoms with Gasteiger partial charge in [-0.05, 0) is 42.2 Å². The summed E-state index contributed by atoms with van der Waals surface area (Å²) >= 11 is 6.01. The van der Waals surface area contributed by atoms with Crippen LogP contribution in [0, 0.1) is 0 Å². The summed E-state index contributed by atoms with van der Waals surface area (Å²) < 4.78 is 10.8. The molecule has 0 spiro atoms. The molecular weight excluding hydrogens is 288 g/mol. The van der Waals surface area contributed by atoms with E-state index in [1.54, 1.807) is 14.2 Å². The molecule has 0 amide bonds. The van der Waals surface area contributed by atoms with Gasteiger partial charge in [0, 0.05) is 10.6 Å². The summed E-state index contributed by atoms with van der Waals surface area (Å²) in [6, 6.07) is 11.5. The fourth-order valence-corrected chi connectivity index (χ4v) is 2.63. The first-order valence-corrected chi connectivity index (χ1v) is 7.15. The van der Waals surface area contributed by atoms with Crippen molar-refractivity contribution in [2.24, 2.45) is 0 Å². The molecular formula is C17H19ClO3. The zero-order chi connectivity index (χ0) is 15.2. The molecule has 0 atom stereocenters. The molecule has 0 bridgehead atoms. The van der Waals surface area contributed by atoms with Gasteiger partial charge in [-0.1, -0.05) is 29.8 Å². The summed E-state index contributed by atoms with van der Waals surface area (Å²) in [5.74, 6) is 1.36. The Morgan fingerprint density at radius 1 is 1.05 bits per heavy atom. The molecule has 21 heavy (non-hydrogen) atoms. The molecule has 4 heteroatoms. The Hall–Kier alpha value is -1.71. The third kappa shape index (κ3) is 3.69. The standard InChI is InChI=1S/C17H19ClO3/c1-20-16-9-7-13(11-19)15(17(16)21-2)8-6-12-4-3-5-14(18)10-12/h3-5,7,9-10,19H,6,8,11H2,1-2H3. The van der Waals surface area contributed by atoms with Gasteiger partial charge in [0.2, 0.25) is 0 Å². The van der Waals surface area contributed by atoms with E-state index in [4.69, 9.17) is 21.1 Å². The van der Waals surface area contributed by atoms with Gasteiger partial charge in [-0.15, -0.1) is 0 Å². The summed E-state index contributed by atoms with van der Waals surface area (Å²) in [6.07, 6.45) is 1.56. The van der Waals surface area contributed by atoms with E-state index in [0.29, 0.717) is 11.5 Å². The minimum atomic E-state index is -0.0226. The maximum absolute atomic E-state index is 9.53. The number of halogens is 1. The molecule has 2 aromatic carbocycles. The van der Waals surface area contributed by atoms with Crippen LogP contribution in [-0.2, 0) is 19.4 Å². The first-order valence-electron chi connectivity index (χ1n) is 6.77. The zero-order valence-corrected chi connectivity index (χ0v) is 13.0. The Morgan fingerprint density at radius 2 is 1.86 bits per heavy atom. The first kappa shape index (κ1) is 15.7. The van der Waals surface area contributed by atoms with Crippen LogP contribution in [0.4, 0.5) is 0 Å². The van der Waals surface area contributed by atoms with Crippen molar-refractivity contribution in [1.29, 1.82) is 0 Å². The van der Waals surface area contributed by atoms with Gasteiger partial charge >= 0.3 is 0 Å². The number of aliphatic hydroxyl groups is 1. The molecule has 0 saturated carbocycles. The lowest BCUT2D eigenvalue weighted by atomic mass is 9.98. The summed E-state index contributed by atoms with van der Waals surface area (Å²) in [6.45, 7) is -0.0226. The van der Waals surface area contributed by atoms with Gasteiger partial charge in [0.05, 0.1) is 20.8 Å². The summed E-state index contributed by atoms with van der Waals surface area (Å²) in [5, 5.41) is 10.3. The molecule has 2 rings (SSSR count). The van der Waals surface area contributed by atoms with Crippen LogP contribution in [0.5, 0.6) is 11.5 Å². The van der Waals surface area contributed by atoms with Crippen molar-refractivity contribution in [3.05, 3.63) is 58.1 Å². The van der Waals surface area contributed by atoms with Crippen LogP contribution in [-0.4, -0.2) is 19.3 Å². The van der Waals surface area contributed by atoms with Gasteiger partial charge < -0.3 is 14.6 Å². The van der Waals surface area contributed by atoms with Crippen molar-refractivity contribution in [3.8, 4) is 11.5 Å². The van der Waals surface area contributed by atoms with E-state index >= 15 is 0 Å². The van der Waals surface area contributed by atoms with Crippen LogP contribution in [0.25, 0.3) is 0 Å². The van der Waals surface area contributed by atoms with Gasteiger partial charge in [-0.3, -0.25) is 0 Å². The molecule has 2 aromatic rings. The predicted octanol–water partition coefficient (Wildman–Crippen LogP) is 3.63. The molecule has 0 heterocycles. The Bertz CT molecular complexity index is 611. The van der Waals surface area contributed by atoms with Crippen LogP contribution in [0.1, 0.15) is 16.7 Å². The van der Waals surface area contributed by atoms with Crippen molar-refractivity contribution in [2.45, 2.75) is 19.4 Å². The molecule has 0 aliphatic heterocycles. The zero-order valence-electron chi connectivity index (χ0n) is 12.2. The van der Waals surface area contributed by atoms with Gasteiger partial charge in [0.1, 0.15) is 0 Å². The van der Waals surface area contributed by atoms with E-state index in [2.05, 4.69) is 0 Å². The van der Waals surface area contributed by atoms with Crippen LogP contribution < -0.4 is 9.47 Å². The lowest BCUT2D eigenvalue weighted by Crippen LogP contribution is -2.03. The highest BCUT2D eigenvalue weighted by molar-refractivity contribution is 6.30. The van der Waals surface area contributed by atoms with E-state index < -0.39 is 0 Å². The Morgan fingerprint density at radius 3 is 2.48 bits per heavy atom. The average Bonchev–Trinajstić information content (AvgIpc) is 2.51. The Kier molecular flexibility index (Phi) is 5.48. The second kappa shape index (κ2) is 7.34. The molecule has 0 saturated heterocycles. The molecule has 0 aromatic heterocycles. The second-order valence-electron chi connectivity index (χ2n) is 4.73. The van der Waals surface area contributed by atoms with E-state index in [-0.39, 0.29) is 6.61 Å². The van der Waals surface area contributed by atoms with E-state index in [1.165, 1.54) is 0 Å². The summed E-state index contributed by atoms with van der Waals surface area (Å²) in [7, 11) is 3.22. The molecule has 0 aliphatic carbocycles. The van der Waals surface area contributed by atoms with Gasteiger partial charge in [-0.2, -0.15) is 0 Å². The molecule has 0 unspecified atom stereocenters. The van der Waals surface area contributed by atoms with Crippen LogP contribution in [0.2, 0.25) is 5.02 Å². The lowest BCUT2D eigenvalue weighted by Gasteiger charge is -2.16. The van der Waals surface area contributed by atoms with Crippen molar-refractivity contribution >= 4 is 11.6 Å². The maximum Gasteiger partial charge on any atom is 0.164 e. The third-order valence-electron chi connectivity index (χ3n) is 3.47. The number of ether oxygens (including phenoxy) is 2. The Labute approximate surface area is 130 Å². The average molecular weight is 307 g/mol. The molecule has 0 aliphatic rings. The highest BCUT2D eigenvalue weighted by Gasteiger charge is 2.14. The summed E-state index contributed by atoms with van der Waals surface area (Å²) in [5.41, 5.74) is 2.98. The number of aryl methyl sites for hydroxylation is 1. The number of hydrogen-bond acceptors (Lipinski definition) is 3. The summed E-state index contributed by atoms with van der Waals surface area (Å²) in [4.78, 5) is 0. The van der Waals surface area contributed by atoms with Gasteiger partial charge in [-0.25, -0.2) is 0 Å². The van der Waals surface area contributed by atoms with E-state index in [1.807, 2.05) is 36.4 Å². The molecule has 1 N–H and O–H groups in total. The number of hydrogen-bond donors (Lipinski definition) is 1. The van der Waals surface area contributed by atoms with E-state index in [9.17, 15) is 5.11 Å². The van der Waals surface area contributed by atoms with Gasteiger partial charge in [0.15, 0.2) is 11.5 Å².